The van der Waals surface area contributed by atoms with Gasteiger partial charge in [-0.15, -0.1) is 11.8 Å². The number of benzene rings is 1. The summed E-state index contributed by atoms with van der Waals surface area (Å²) in [7, 11) is 0. The van der Waals surface area contributed by atoms with E-state index in [-0.39, 0.29) is 12.3 Å². The highest BCUT2D eigenvalue weighted by Gasteiger charge is 2.41. The topological polar surface area (TPSA) is 86.1 Å². The van der Waals surface area contributed by atoms with Crippen molar-refractivity contribution in [3.63, 3.8) is 0 Å². The molecule has 2 heterocycles. The summed E-state index contributed by atoms with van der Waals surface area (Å²) in [6.07, 6.45) is -0.645. The number of hydrogen-bond acceptors (Lipinski definition) is 6. The number of aromatic nitrogens is 3. The molecule has 1 amide bonds. The minimum absolute atomic E-state index is 0.0621. The van der Waals surface area contributed by atoms with E-state index in [1.54, 1.807) is 24.6 Å². The molecule has 0 unspecified atom stereocenters. The molecule has 1 N–H and O–H groups in total. The van der Waals surface area contributed by atoms with Crippen molar-refractivity contribution in [2.24, 2.45) is 0 Å². The van der Waals surface area contributed by atoms with E-state index in [0.717, 1.165) is 6.20 Å². The largest absolute Gasteiger partial charge is 0.462 e. The number of alkyl halides is 3. The van der Waals surface area contributed by atoms with Gasteiger partial charge in [0, 0.05) is 11.9 Å². The molecule has 0 bridgehead atoms. The molecule has 162 valence electrons. The lowest BCUT2D eigenvalue weighted by Gasteiger charge is -2.13. The SMILES string of the molecule is CCOC(=O)c1cnn(-c2ccc(NC(=O)c3cccnc3SC)cc2)c1C(F)(F)F. The highest BCUT2D eigenvalue weighted by molar-refractivity contribution is 7.98. The first-order valence-electron chi connectivity index (χ1n) is 8.99. The molecule has 3 aromatic rings. The van der Waals surface area contributed by atoms with Gasteiger partial charge in [-0.1, -0.05) is 0 Å². The van der Waals surface area contributed by atoms with Gasteiger partial charge in [-0.3, -0.25) is 4.79 Å². The molecule has 11 heteroatoms. The summed E-state index contributed by atoms with van der Waals surface area (Å²) in [5.41, 5.74) is -1.09. The molecule has 0 saturated carbocycles. The van der Waals surface area contributed by atoms with Gasteiger partial charge in [-0.25, -0.2) is 14.5 Å². The number of nitrogens with one attached hydrogen (secondary N) is 1. The first-order chi connectivity index (χ1) is 14.8. The zero-order chi connectivity index (χ0) is 22.6. The van der Waals surface area contributed by atoms with Crippen molar-refractivity contribution < 1.29 is 27.5 Å². The Morgan fingerprint density at radius 2 is 1.87 bits per heavy atom. The normalized spacial score (nSPS) is 11.3. The van der Waals surface area contributed by atoms with Crippen molar-refractivity contribution in [2.45, 2.75) is 18.1 Å². The van der Waals surface area contributed by atoms with E-state index in [1.807, 2.05) is 0 Å². The average molecular weight is 450 g/mol. The Labute approximate surface area is 179 Å². The second kappa shape index (κ2) is 9.21. The molecule has 2 aromatic heterocycles. The zero-order valence-corrected chi connectivity index (χ0v) is 17.3. The van der Waals surface area contributed by atoms with Gasteiger partial charge >= 0.3 is 12.1 Å². The summed E-state index contributed by atoms with van der Waals surface area (Å²) in [5.74, 6) is -1.50. The average Bonchev–Trinajstić information content (AvgIpc) is 3.20. The van der Waals surface area contributed by atoms with Crippen molar-refractivity contribution in [3.8, 4) is 5.69 Å². The highest BCUT2D eigenvalue weighted by atomic mass is 32.2. The van der Waals surface area contributed by atoms with E-state index in [1.165, 1.54) is 43.0 Å². The molecule has 0 fully saturated rings. The smallest absolute Gasteiger partial charge is 0.434 e. The van der Waals surface area contributed by atoms with Gasteiger partial charge in [0.2, 0.25) is 0 Å². The lowest BCUT2D eigenvalue weighted by atomic mass is 10.2. The number of anilines is 1. The number of thioether (sulfide) groups is 1. The van der Waals surface area contributed by atoms with Crippen LogP contribution in [0, 0.1) is 0 Å². The summed E-state index contributed by atoms with van der Waals surface area (Å²) in [4.78, 5) is 28.5. The maximum absolute atomic E-state index is 13.6. The summed E-state index contributed by atoms with van der Waals surface area (Å²) in [6.45, 7) is 1.43. The van der Waals surface area contributed by atoms with E-state index in [4.69, 9.17) is 4.74 Å². The van der Waals surface area contributed by atoms with Gasteiger partial charge < -0.3 is 10.1 Å². The Hall–Kier alpha value is -3.34. The minimum Gasteiger partial charge on any atom is -0.462 e. The third-order valence-corrected chi connectivity index (χ3v) is 4.82. The van der Waals surface area contributed by atoms with Crippen molar-refractivity contribution in [1.82, 2.24) is 14.8 Å². The standard InChI is InChI=1S/C20H17F3N4O3S/c1-3-30-19(29)15-11-25-27(16(15)20(21,22)23)13-8-6-12(7-9-13)26-17(28)14-5-4-10-24-18(14)31-2/h4-11H,3H2,1-2H3,(H,26,28). The maximum atomic E-state index is 13.6. The van der Waals surface area contributed by atoms with Crippen molar-refractivity contribution >= 4 is 29.3 Å². The highest BCUT2D eigenvalue weighted by Crippen LogP contribution is 2.34. The third kappa shape index (κ3) is 4.88. The van der Waals surface area contributed by atoms with Crippen LogP contribution in [-0.4, -0.2) is 39.5 Å². The van der Waals surface area contributed by atoms with Gasteiger partial charge in [0.25, 0.3) is 5.91 Å². The molecule has 0 radical (unpaired) electrons. The Kier molecular flexibility index (Phi) is 6.64. The molecule has 0 atom stereocenters. The lowest BCUT2D eigenvalue weighted by molar-refractivity contribution is -0.143. The number of hydrogen-bond donors (Lipinski definition) is 1. The van der Waals surface area contributed by atoms with Gasteiger partial charge in [0.05, 0.1) is 24.1 Å². The van der Waals surface area contributed by atoms with Crippen LogP contribution in [0.25, 0.3) is 5.69 Å². The van der Waals surface area contributed by atoms with Crippen molar-refractivity contribution in [3.05, 3.63) is 65.6 Å². The molecular formula is C20H17F3N4O3S. The Bertz CT molecular complexity index is 1100. The quantitative estimate of drug-likeness (QED) is 0.442. The zero-order valence-electron chi connectivity index (χ0n) is 16.4. The fraction of sp³-hybridized carbons (Fsp3) is 0.200. The van der Waals surface area contributed by atoms with Crippen LogP contribution < -0.4 is 5.32 Å². The maximum Gasteiger partial charge on any atom is 0.434 e. The number of nitrogens with zero attached hydrogens (tertiary/aromatic N) is 3. The van der Waals surface area contributed by atoms with E-state index >= 15 is 0 Å². The summed E-state index contributed by atoms with van der Waals surface area (Å²) in [5, 5.41) is 6.94. The molecule has 7 nitrogen and oxygen atoms in total. The summed E-state index contributed by atoms with van der Waals surface area (Å²) < 4.78 is 46.1. The van der Waals surface area contributed by atoms with Gasteiger partial charge in [0.1, 0.15) is 10.6 Å². The monoisotopic (exact) mass is 450 g/mol. The molecule has 0 aliphatic rings. The van der Waals surface area contributed by atoms with Gasteiger partial charge in [0.15, 0.2) is 5.69 Å². The second-order valence-corrected chi connectivity index (χ2v) is 6.89. The number of carbonyl (C=O) groups excluding carboxylic acids is 2. The molecule has 31 heavy (non-hydrogen) atoms. The van der Waals surface area contributed by atoms with E-state index in [2.05, 4.69) is 15.4 Å². The van der Waals surface area contributed by atoms with Gasteiger partial charge in [-0.2, -0.15) is 18.3 Å². The van der Waals surface area contributed by atoms with Crippen molar-refractivity contribution in [1.29, 1.82) is 0 Å². The van der Waals surface area contributed by atoms with Crippen LogP contribution in [0.15, 0.2) is 53.8 Å². The third-order valence-electron chi connectivity index (χ3n) is 4.11. The number of pyridine rings is 1. The fourth-order valence-corrected chi connectivity index (χ4v) is 3.33. The minimum atomic E-state index is -4.83. The molecule has 3 rings (SSSR count). The molecule has 1 aromatic carbocycles. The van der Waals surface area contributed by atoms with Crippen LogP contribution in [0.2, 0.25) is 0 Å². The number of amides is 1. The first kappa shape index (κ1) is 22.3. The predicted octanol–water partition coefficient (Wildman–Crippen LogP) is 4.44. The van der Waals surface area contributed by atoms with E-state index in [9.17, 15) is 22.8 Å². The van der Waals surface area contributed by atoms with Crippen LogP contribution in [0.3, 0.4) is 0 Å². The first-order valence-corrected chi connectivity index (χ1v) is 10.2. The molecule has 0 aliphatic heterocycles. The number of rotatable bonds is 6. The van der Waals surface area contributed by atoms with Crippen LogP contribution in [0.5, 0.6) is 0 Å². The Morgan fingerprint density at radius 3 is 2.48 bits per heavy atom. The number of esters is 1. The number of halogens is 3. The molecule has 0 spiro atoms. The van der Waals surface area contributed by atoms with Crippen LogP contribution in [-0.2, 0) is 10.9 Å². The summed E-state index contributed by atoms with van der Waals surface area (Å²) in [6, 6.07) is 8.84. The number of carbonyl (C=O) groups is 2. The van der Waals surface area contributed by atoms with Crippen LogP contribution in [0.4, 0.5) is 18.9 Å². The van der Waals surface area contributed by atoms with E-state index < -0.39 is 29.3 Å². The molecule has 0 aliphatic carbocycles. The van der Waals surface area contributed by atoms with E-state index in [0.29, 0.717) is 21.0 Å². The predicted molar refractivity (Wildman–Crippen MR) is 108 cm³/mol. The Morgan fingerprint density at radius 1 is 1.16 bits per heavy atom. The fourth-order valence-electron chi connectivity index (χ4n) is 2.79. The Balaban J connectivity index is 1.88. The van der Waals surface area contributed by atoms with Crippen LogP contribution in [0.1, 0.15) is 33.3 Å². The van der Waals surface area contributed by atoms with Crippen LogP contribution >= 0.6 is 11.8 Å². The summed E-state index contributed by atoms with van der Waals surface area (Å²) >= 11 is 1.32. The van der Waals surface area contributed by atoms with Crippen molar-refractivity contribution in [2.75, 3.05) is 18.2 Å². The lowest BCUT2D eigenvalue weighted by Crippen LogP contribution is -2.18. The number of ether oxygens (including phenoxy) is 1. The molecular weight excluding hydrogens is 433 g/mol. The molecule has 0 saturated heterocycles. The van der Waals surface area contributed by atoms with Gasteiger partial charge in [-0.05, 0) is 49.6 Å². The second-order valence-electron chi connectivity index (χ2n) is 6.10.